The third kappa shape index (κ3) is 4.98. The van der Waals surface area contributed by atoms with Gasteiger partial charge in [-0.3, -0.25) is 10.1 Å². The number of carboxylic acid groups (broad SMARTS) is 1. The number of guanidine groups is 1. The van der Waals surface area contributed by atoms with Gasteiger partial charge in [0, 0.05) is 28.5 Å². The van der Waals surface area contributed by atoms with Crippen LogP contribution in [-0.4, -0.2) is 32.9 Å². The molecule has 12 heteroatoms. The standard InChI is InChI=1S/C25H18ClFN6O4/c1-12-20(22(34)31-19-10-13(23(35)36)8-9-28-19)21(15-4-2-3-5-16(15)26)32-24(29-12)33-25-30-17-7-6-14(27)11-18(17)37-25/h2-11,21H,1H3,(H,35,36)(H,28,31,34)(H2,29,30,32,33). The number of hydrogen-bond donors (Lipinski definition) is 4. The van der Waals surface area contributed by atoms with Gasteiger partial charge in [0.1, 0.15) is 23.2 Å². The number of aromatic carboxylic acids is 1. The number of pyridine rings is 1. The van der Waals surface area contributed by atoms with Crippen molar-refractivity contribution in [2.45, 2.75) is 13.0 Å². The number of carbonyl (C=O) groups excluding carboxylic acids is 1. The van der Waals surface area contributed by atoms with E-state index in [1.54, 1.807) is 31.2 Å². The summed E-state index contributed by atoms with van der Waals surface area (Å²) in [5.74, 6) is -1.87. The van der Waals surface area contributed by atoms with E-state index in [0.717, 1.165) is 0 Å². The number of allylic oxidation sites excluding steroid dienone is 1. The lowest BCUT2D eigenvalue weighted by Gasteiger charge is -2.26. The van der Waals surface area contributed by atoms with E-state index in [1.165, 1.54) is 36.5 Å². The second-order valence-corrected chi connectivity index (χ2v) is 8.42. The first-order valence-electron chi connectivity index (χ1n) is 10.9. The molecule has 37 heavy (non-hydrogen) atoms. The first-order chi connectivity index (χ1) is 17.8. The molecule has 2 aromatic heterocycles. The molecule has 5 rings (SSSR count). The smallest absolute Gasteiger partial charge is 0.335 e. The molecule has 1 unspecified atom stereocenters. The van der Waals surface area contributed by atoms with Crippen LogP contribution in [0.2, 0.25) is 5.02 Å². The Morgan fingerprint density at radius 3 is 2.76 bits per heavy atom. The predicted molar refractivity (Wildman–Crippen MR) is 135 cm³/mol. The molecule has 0 bridgehead atoms. The van der Waals surface area contributed by atoms with E-state index in [0.29, 0.717) is 21.8 Å². The van der Waals surface area contributed by atoms with Crippen molar-refractivity contribution in [2.24, 2.45) is 4.99 Å². The lowest BCUT2D eigenvalue weighted by Crippen LogP contribution is -2.37. The number of amides is 1. The number of carbonyl (C=O) groups is 2. The summed E-state index contributed by atoms with van der Waals surface area (Å²) in [7, 11) is 0. The first kappa shape index (κ1) is 23.9. The summed E-state index contributed by atoms with van der Waals surface area (Å²) in [6.07, 6.45) is 1.29. The predicted octanol–water partition coefficient (Wildman–Crippen LogP) is 4.74. The van der Waals surface area contributed by atoms with E-state index in [1.807, 2.05) is 0 Å². The van der Waals surface area contributed by atoms with E-state index in [9.17, 15) is 19.1 Å². The number of nitrogens with zero attached hydrogens (tertiary/aromatic N) is 3. The minimum absolute atomic E-state index is 0.0249. The van der Waals surface area contributed by atoms with Crippen LogP contribution < -0.4 is 16.0 Å². The molecule has 10 nitrogen and oxygen atoms in total. The van der Waals surface area contributed by atoms with Gasteiger partial charge in [-0.25, -0.2) is 19.2 Å². The topological polar surface area (TPSA) is 142 Å². The van der Waals surface area contributed by atoms with Gasteiger partial charge in [0.25, 0.3) is 5.91 Å². The molecule has 1 aliphatic heterocycles. The summed E-state index contributed by atoms with van der Waals surface area (Å²) in [6, 6.07) is 12.7. The van der Waals surface area contributed by atoms with Gasteiger partial charge in [-0.05, 0) is 37.3 Å². The minimum atomic E-state index is -1.15. The van der Waals surface area contributed by atoms with Crippen molar-refractivity contribution in [3.8, 4) is 0 Å². The van der Waals surface area contributed by atoms with Crippen LogP contribution in [0.5, 0.6) is 0 Å². The highest BCUT2D eigenvalue weighted by Gasteiger charge is 2.31. The SMILES string of the molecule is CC1=C(C(=O)Nc2cc(C(=O)O)ccn2)C(c2ccccc2Cl)N=C(Nc2nc3ccc(F)cc3o2)N1. The minimum Gasteiger partial charge on any atom is -0.478 e. The summed E-state index contributed by atoms with van der Waals surface area (Å²) in [6.45, 7) is 1.68. The van der Waals surface area contributed by atoms with Crippen molar-refractivity contribution in [1.82, 2.24) is 15.3 Å². The van der Waals surface area contributed by atoms with Crippen molar-refractivity contribution >= 4 is 52.4 Å². The molecule has 0 aliphatic carbocycles. The maximum Gasteiger partial charge on any atom is 0.335 e. The molecule has 0 fully saturated rings. The van der Waals surface area contributed by atoms with Crippen LogP contribution >= 0.6 is 11.6 Å². The Hall–Kier alpha value is -4.77. The highest BCUT2D eigenvalue weighted by atomic mass is 35.5. The van der Waals surface area contributed by atoms with E-state index < -0.39 is 23.7 Å². The van der Waals surface area contributed by atoms with Crippen molar-refractivity contribution in [1.29, 1.82) is 0 Å². The molecule has 1 amide bonds. The van der Waals surface area contributed by atoms with Crippen LogP contribution in [0.4, 0.5) is 16.2 Å². The summed E-state index contributed by atoms with van der Waals surface area (Å²) in [5, 5.41) is 18.2. The number of carboxylic acids is 1. The van der Waals surface area contributed by atoms with Gasteiger partial charge in [0.2, 0.25) is 5.96 Å². The van der Waals surface area contributed by atoms with Crippen LogP contribution in [0, 0.1) is 5.82 Å². The molecule has 0 radical (unpaired) electrons. The molecule has 3 heterocycles. The summed E-state index contributed by atoms with van der Waals surface area (Å²) in [4.78, 5) is 37.6. The van der Waals surface area contributed by atoms with Crippen LogP contribution in [0.3, 0.4) is 0 Å². The van der Waals surface area contributed by atoms with Gasteiger partial charge in [-0.1, -0.05) is 29.8 Å². The second kappa shape index (κ2) is 9.70. The molecule has 1 atom stereocenters. The second-order valence-electron chi connectivity index (χ2n) is 8.01. The molecule has 0 saturated heterocycles. The molecule has 1 aliphatic rings. The van der Waals surface area contributed by atoms with Crippen molar-refractivity contribution in [3.05, 3.63) is 94.0 Å². The normalized spacial score (nSPS) is 15.2. The van der Waals surface area contributed by atoms with E-state index in [-0.39, 0.29) is 34.5 Å². The number of aromatic nitrogens is 2. The fourth-order valence-electron chi connectivity index (χ4n) is 3.82. The lowest BCUT2D eigenvalue weighted by atomic mass is 9.95. The van der Waals surface area contributed by atoms with Crippen molar-refractivity contribution in [2.75, 3.05) is 10.6 Å². The van der Waals surface area contributed by atoms with Crippen LogP contribution in [0.25, 0.3) is 11.1 Å². The zero-order valence-corrected chi connectivity index (χ0v) is 19.9. The van der Waals surface area contributed by atoms with E-state index in [2.05, 4.69) is 30.9 Å². The van der Waals surface area contributed by atoms with Crippen molar-refractivity contribution in [3.63, 3.8) is 0 Å². The molecule has 186 valence electrons. The zero-order chi connectivity index (χ0) is 26.1. The average molecular weight is 521 g/mol. The lowest BCUT2D eigenvalue weighted by molar-refractivity contribution is -0.113. The van der Waals surface area contributed by atoms with Gasteiger partial charge in [-0.15, -0.1) is 0 Å². The number of fused-ring (bicyclic) bond motifs is 1. The first-order valence-corrected chi connectivity index (χ1v) is 11.3. The Balaban J connectivity index is 1.48. The van der Waals surface area contributed by atoms with Crippen LogP contribution in [0.1, 0.15) is 28.9 Å². The molecule has 4 N–H and O–H groups in total. The fourth-order valence-corrected chi connectivity index (χ4v) is 4.06. The Bertz CT molecular complexity index is 1620. The van der Waals surface area contributed by atoms with Crippen LogP contribution in [-0.2, 0) is 4.79 Å². The van der Waals surface area contributed by atoms with Gasteiger partial charge in [-0.2, -0.15) is 4.98 Å². The fraction of sp³-hybridized carbons (Fsp3) is 0.0800. The molecular weight excluding hydrogens is 503 g/mol. The number of anilines is 2. The monoisotopic (exact) mass is 520 g/mol. The number of oxazole rings is 1. The number of nitrogens with one attached hydrogen (secondary N) is 3. The Morgan fingerprint density at radius 2 is 1.97 bits per heavy atom. The number of benzene rings is 2. The third-order valence-corrected chi connectivity index (χ3v) is 5.85. The Morgan fingerprint density at radius 1 is 1.16 bits per heavy atom. The number of rotatable bonds is 5. The van der Waals surface area contributed by atoms with Gasteiger partial charge < -0.3 is 20.2 Å². The molecule has 0 spiro atoms. The Kier molecular flexibility index (Phi) is 6.28. The van der Waals surface area contributed by atoms with Crippen molar-refractivity contribution < 1.29 is 23.5 Å². The van der Waals surface area contributed by atoms with Gasteiger partial charge in [0.05, 0.1) is 11.1 Å². The third-order valence-electron chi connectivity index (χ3n) is 5.51. The average Bonchev–Trinajstić information content (AvgIpc) is 3.25. The maximum atomic E-state index is 13.5. The van der Waals surface area contributed by atoms with Crippen LogP contribution in [0.15, 0.2) is 81.5 Å². The number of hydrogen-bond acceptors (Lipinski definition) is 8. The zero-order valence-electron chi connectivity index (χ0n) is 19.1. The quantitative estimate of drug-likeness (QED) is 0.295. The number of aliphatic imine (C=N–C) groups is 1. The summed E-state index contributed by atoms with van der Waals surface area (Å²) in [5.41, 5.74) is 1.91. The molecule has 2 aromatic carbocycles. The van der Waals surface area contributed by atoms with E-state index in [4.69, 9.17) is 16.0 Å². The largest absolute Gasteiger partial charge is 0.478 e. The summed E-state index contributed by atoms with van der Waals surface area (Å²) < 4.78 is 19.1. The molecular formula is C25H18ClFN6O4. The van der Waals surface area contributed by atoms with E-state index >= 15 is 0 Å². The van der Waals surface area contributed by atoms with Gasteiger partial charge in [0.15, 0.2) is 5.58 Å². The molecule has 0 saturated carbocycles. The maximum absolute atomic E-state index is 13.5. The van der Waals surface area contributed by atoms with Gasteiger partial charge >= 0.3 is 12.0 Å². The Labute approximate surface area is 213 Å². The summed E-state index contributed by atoms with van der Waals surface area (Å²) >= 11 is 6.46. The molecule has 4 aromatic rings. The highest BCUT2D eigenvalue weighted by molar-refractivity contribution is 6.31. The number of halogens is 2. The highest BCUT2D eigenvalue weighted by Crippen LogP contribution is 2.35.